The summed E-state index contributed by atoms with van der Waals surface area (Å²) in [5.41, 5.74) is 0.0255. The number of halogens is 5. The molecule has 1 amide bonds. The van der Waals surface area contributed by atoms with Gasteiger partial charge in [0, 0.05) is 24.1 Å². The lowest BCUT2D eigenvalue weighted by atomic mass is 10.1. The van der Waals surface area contributed by atoms with E-state index in [2.05, 4.69) is 5.32 Å². The Balaban J connectivity index is 0.000000887. The van der Waals surface area contributed by atoms with Crippen molar-refractivity contribution in [2.75, 3.05) is 18.1 Å². The first-order valence-electron chi connectivity index (χ1n) is 7.36. The van der Waals surface area contributed by atoms with Crippen molar-refractivity contribution in [2.24, 2.45) is 0 Å². The van der Waals surface area contributed by atoms with E-state index in [1.807, 2.05) is 0 Å². The zero-order chi connectivity index (χ0) is 21.9. The fourth-order valence-corrected chi connectivity index (χ4v) is 3.27. The lowest BCUT2D eigenvalue weighted by molar-refractivity contribution is -0.192. The number of nitrogens with one attached hydrogen (secondary N) is 1. The molecule has 0 aromatic heterocycles. The summed E-state index contributed by atoms with van der Waals surface area (Å²) in [6.45, 7) is 1.78. The second-order valence-electron chi connectivity index (χ2n) is 4.93. The maximum atomic E-state index is 13.5. The smallest absolute Gasteiger partial charge is 0.481 e. The summed E-state index contributed by atoms with van der Waals surface area (Å²) in [5, 5.41) is 18.1. The van der Waals surface area contributed by atoms with Crippen LogP contribution in [-0.2, 0) is 9.59 Å². The predicted octanol–water partition coefficient (Wildman–Crippen LogP) is 3.49. The first-order chi connectivity index (χ1) is 12.9. The van der Waals surface area contributed by atoms with Crippen LogP contribution in [-0.4, -0.2) is 52.3 Å². The van der Waals surface area contributed by atoms with Gasteiger partial charge in [-0.3, -0.25) is 9.59 Å². The number of aryl methyl sites for hydroxylation is 1. The molecule has 6 nitrogen and oxygen atoms in total. The zero-order valence-electron chi connectivity index (χ0n) is 14.3. The average Bonchev–Trinajstić information content (AvgIpc) is 2.56. The van der Waals surface area contributed by atoms with Gasteiger partial charge in [0.1, 0.15) is 11.6 Å². The van der Waals surface area contributed by atoms with Gasteiger partial charge >= 0.3 is 18.1 Å². The number of carboxylic acids is 2. The van der Waals surface area contributed by atoms with Crippen LogP contribution in [0, 0.1) is 18.6 Å². The Labute approximate surface area is 164 Å². The van der Waals surface area contributed by atoms with Crippen LogP contribution in [0.2, 0.25) is 0 Å². The zero-order valence-corrected chi connectivity index (χ0v) is 15.9. The Morgan fingerprint density at radius 3 is 2.07 bits per heavy atom. The second kappa shape index (κ2) is 12.4. The number of hydrogen-bond donors (Lipinski definition) is 3. The maximum absolute atomic E-state index is 13.5. The highest BCUT2D eigenvalue weighted by Gasteiger charge is 2.38. The molecule has 0 aliphatic rings. The molecule has 0 saturated carbocycles. The molecule has 13 heteroatoms. The highest BCUT2D eigenvalue weighted by Crippen LogP contribution is 2.21. The normalized spacial score (nSPS) is 10.6. The fourth-order valence-electron chi connectivity index (χ4n) is 1.38. The standard InChI is InChI=1S/C13H15F2NO3S2.C2HF3O2/c1-8-6-9(11(15)7-10(8)14)13(19)16-3-5-21-20-4-2-12(17)18;3-2(4,5)1(6)7/h6-7H,2-5H2,1H3,(H,16,19)(H,17,18);(H,6,7). The number of carbonyl (C=O) groups excluding carboxylic acids is 1. The first-order valence-corrected chi connectivity index (χ1v) is 9.85. The van der Waals surface area contributed by atoms with Gasteiger partial charge in [-0.15, -0.1) is 0 Å². The summed E-state index contributed by atoms with van der Waals surface area (Å²) in [6.07, 6.45) is -5.00. The van der Waals surface area contributed by atoms with Crippen LogP contribution in [0.4, 0.5) is 22.0 Å². The lowest BCUT2D eigenvalue weighted by Gasteiger charge is -2.07. The third kappa shape index (κ3) is 11.0. The number of amides is 1. The number of carboxylic acid groups (broad SMARTS) is 2. The topological polar surface area (TPSA) is 104 Å². The molecule has 158 valence electrons. The molecule has 0 spiro atoms. The minimum Gasteiger partial charge on any atom is -0.481 e. The predicted molar refractivity (Wildman–Crippen MR) is 94.3 cm³/mol. The maximum Gasteiger partial charge on any atom is 0.490 e. The molecule has 0 bridgehead atoms. The van der Waals surface area contributed by atoms with Crippen LogP contribution in [0.1, 0.15) is 22.3 Å². The third-order valence-electron chi connectivity index (χ3n) is 2.69. The fraction of sp³-hybridized carbons (Fsp3) is 0.400. The van der Waals surface area contributed by atoms with Crippen molar-refractivity contribution in [3.05, 3.63) is 34.9 Å². The summed E-state index contributed by atoms with van der Waals surface area (Å²) >= 11 is 0. The van der Waals surface area contributed by atoms with E-state index in [1.165, 1.54) is 34.6 Å². The Morgan fingerprint density at radius 1 is 1.04 bits per heavy atom. The Bertz CT molecular complexity index is 700. The van der Waals surface area contributed by atoms with Gasteiger partial charge in [0.15, 0.2) is 0 Å². The van der Waals surface area contributed by atoms with Gasteiger partial charge in [0.25, 0.3) is 5.91 Å². The number of alkyl halides is 3. The van der Waals surface area contributed by atoms with E-state index in [4.69, 9.17) is 15.0 Å². The van der Waals surface area contributed by atoms with Gasteiger partial charge in [-0.25, -0.2) is 13.6 Å². The molecule has 3 N–H and O–H groups in total. The van der Waals surface area contributed by atoms with Crippen molar-refractivity contribution < 1.29 is 46.5 Å². The quantitative estimate of drug-likeness (QED) is 0.317. The number of benzene rings is 1. The molecule has 0 saturated heterocycles. The number of rotatable bonds is 8. The number of carbonyl (C=O) groups is 3. The minimum absolute atomic E-state index is 0.0874. The van der Waals surface area contributed by atoms with Crippen LogP contribution in [0.15, 0.2) is 12.1 Å². The van der Waals surface area contributed by atoms with E-state index in [-0.39, 0.29) is 17.5 Å². The van der Waals surface area contributed by atoms with E-state index >= 15 is 0 Å². The van der Waals surface area contributed by atoms with Crippen LogP contribution in [0.3, 0.4) is 0 Å². The SMILES string of the molecule is Cc1cc(C(=O)NCCSSCCC(=O)O)c(F)cc1F.O=C(O)C(F)(F)F. The molecule has 1 rings (SSSR count). The van der Waals surface area contributed by atoms with Crippen molar-refractivity contribution >= 4 is 39.4 Å². The molecule has 28 heavy (non-hydrogen) atoms. The molecule has 1 aromatic rings. The van der Waals surface area contributed by atoms with E-state index < -0.39 is 35.7 Å². The van der Waals surface area contributed by atoms with Gasteiger partial charge in [0.2, 0.25) is 0 Å². The molecule has 0 unspecified atom stereocenters. The Morgan fingerprint density at radius 2 is 1.57 bits per heavy atom. The summed E-state index contributed by atoms with van der Waals surface area (Å²) in [5.74, 6) is -4.72. The summed E-state index contributed by atoms with van der Waals surface area (Å²) in [4.78, 5) is 30.9. The lowest BCUT2D eigenvalue weighted by Crippen LogP contribution is -2.26. The average molecular weight is 449 g/mol. The molecule has 0 heterocycles. The molecule has 0 atom stereocenters. The molecule has 1 aromatic carbocycles. The largest absolute Gasteiger partial charge is 0.490 e. The molecular formula is C15H16F5NO5S2. The molecule has 0 aliphatic heterocycles. The Hall–Kier alpha value is -2.02. The van der Waals surface area contributed by atoms with Gasteiger partial charge in [-0.05, 0) is 18.6 Å². The van der Waals surface area contributed by atoms with Crippen molar-refractivity contribution in [1.82, 2.24) is 5.32 Å². The van der Waals surface area contributed by atoms with Crippen LogP contribution in [0.25, 0.3) is 0 Å². The third-order valence-corrected chi connectivity index (χ3v) is 5.10. The van der Waals surface area contributed by atoms with Crippen molar-refractivity contribution in [3.63, 3.8) is 0 Å². The van der Waals surface area contributed by atoms with E-state index in [0.29, 0.717) is 24.1 Å². The highest BCUT2D eigenvalue weighted by molar-refractivity contribution is 8.76. The summed E-state index contributed by atoms with van der Waals surface area (Å²) < 4.78 is 58.3. The van der Waals surface area contributed by atoms with Gasteiger partial charge in [-0.1, -0.05) is 21.6 Å². The second-order valence-corrected chi connectivity index (χ2v) is 7.63. The van der Waals surface area contributed by atoms with Gasteiger partial charge in [0.05, 0.1) is 12.0 Å². The van der Waals surface area contributed by atoms with Crippen LogP contribution < -0.4 is 5.32 Å². The summed E-state index contributed by atoms with van der Waals surface area (Å²) in [6, 6.07) is 1.87. The first kappa shape index (κ1) is 26.0. The molecule has 0 aliphatic carbocycles. The monoisotopic (exact) mass is 449 g/mol. The van der Waals surface area contributed by atoms with E-state index in [1.54, 1.807) is 0 Å². The van der Waals surface area contributed by atoms with E-state index in [9.17, 15) is 31.5 Å². The van der Waals surface area contributed by atoms with Crippen LogP contribution >= 0.6 is 21.6 Å². The molecule has 0 radical (unpaired) electrons. The molecular weight excluding hydrogens is 433 g/mol. The highest BCUT2D eigenvalue weighted by atomic mass is 33.1. The van der Waals surface area contributed by atoms with E-state index in [0.717, 1.165) is 0 Å². The summed E-state index contributed by atoms with van der Waals surface area (Å²) in [7, 11) is 2.82. The minimum atomic E-state index is -5.08. The Kier molecular flexibility index (Phi) is 11.5. The number of hydrogen-bond acceptors (Lipinski definition) is 5. The van der Waals surface area contributed by atoms with Crippen molar-refractivity contribution in [2.45, 2.75) is 19.5 Å². The van der Waals surface area contributed by atoms with Gasteiger partial charge in [-0.2, -0.15) is 13.2 Å². The van der Waals surface area contributed by atoms with Crippen LogP contribution in [0.5, 0.6) is 0 Å². The van der Waals surface area contributed by atoms with Crippen molar-refractivity contribution in [1.29, 1.82) is 0 Å². The van der Waals surface area contributed by atoms with Crippen molar-refractivity contribution in [3.8, 4) is 0 Å². The van der Waals surface area contributed by atoms with Gasteiger partial charge < -0.3 is 15.5 Å². The number of aliphatic carboxylic acids is 2. The molecule has 0 fully saturated rings.